The van der Waals surface area contributed by atoms with E-state index in [2.05, 4.69) is 44.5 Å². The number of fused-ring (bicyclic) bond motifs is 1. The molecule has 2 heterocycles. The molecule has 0 aromatic heterocycles. The summed E-state index contributed by atoms with van der Waals surface area (Å²) in [6.07, 6.45) is 0.964. The highest BCUT2D eigenvalue weighted by Gasteiger charge is 2.39. The topological polar surface area (TPSA) is 41.7 Å². The molecule has 0 amide bonds. The maximum absolute atomic E-state index is 6.46. The van der Waals surface area contributed by atoms with Gasteiger partial charge in [0.1, 0.15) is 11.4 Å². The summed E-state index contributed by atoms with van der Waals surface area (Å²) in [5, 5.41) is 0. The van der Waals surface area contributed by atoms with Crippen LogP contribution in [0.4, 0.5) is 5.69 Å². The predicted octanol–water partition coefficient (Wildman–Crippen LogP) is 2.14. The number of benzene rings is 1. The lowest BCUT2D eigenvalue weighted by atomic mass is 9.91. The molecule has 1 atom stereocenters. The number of nitrogens with zero attached hydrogens (tertiary/aromatic N) is 2. The molecule has 3 rings (SSSR count). The van der Waals surface area contributed by atoms with Crippen molar-refractivity contribution in [3.05, 3.63) is 22.3 Å². The fourth-order valence-corrected chi connectivity index (χ4v) is 3.79. The Morgan fingerprint density at radius 2 is 1.68 bits per heavy atom. The summed E-state index contributed by atoms with van der Waals surface area (Å²) in [5.41, 5.74) is 12.0. The molecule has 0 saturated carbocycles. The van der Waals surface area contributed by atoms with E-state index in [1.165, 1.54) is 22.3 Å². The SMILES string of the molecule is Cc1c(C)c2c(c(C)c1N)CC(C)(CN1CCN(C)CC1)O2. The van der Waals surface area contributed by atoms with Crippen LogP contribution in [0.3, 0.4) is 0 Å². The zero-order valence-corrected chi connectivity index (χ0v) is 14.6. The number of rotatable bonds is 2. The van der Waals surface area contributed by atoms with Crippen molar-refractivity contribution in [3.8, 4) is 5.75 Å². The van der Waals surface area contributed by atoms with Crippen molar-refractivity contribution in [2.24, 2.45) is 0 Å². The molecule has 0 radical (unpaired) electrons. The number of nitrogen functional groups attached to an aromatic ring is 1. The third-order valence-corrected chi connectivity index (χ3v) is 5.49. The van der Waals surface area contributed by atoms with Crippen LogP contribution in [0, 0.1) is 20.8 Å². The first-order valence-corrected chi connectivity index (χ1v) is 8.29. The van der Waals surface area contributed by atoms with Crippen LogP contribution in [0.15, 0.2) is 0 Å². The third kappa shape index (κ3) is 2.59. The summed E-state index contributed by atoms with van der Waals surface area (Å²) in [6, 6.07) is 0. The summed E-state index contributed by atoms with van der Waals surface area (Å²) < 4.78 is 6.46. The van der Waals surface area contributed by atoms with Gasteiger partial charge in [-0.1, -0.05) is 0 Å². The molecule has 4 nitrogen and oxygen atoms in total. The lowest BCUT2D eigenvalue weighted by Gasteiger charge is -2.37. The molecule has 2 aliphatic rings. The van der Waals surface area contributed by atoms with Crippen molar-refractivity contribution in [2.45, 2.75) is 39.7 Å². The van der Waals surface area contributed by atoms with Gasteiger partial charge in [0.05, 0.1) is 0 Å². The van der Waals surface area contributed by atoms with E-state index in [4.69, 9.17) is 10.5 Å². The van der Waals surface area contributed by atoms with Gasteiger partial charge in [-0.2, -0.15) is 0 Å². The van der Waals surface area contributed by atoms with Gasteiger partial charge < -0.3 is 15.4 Å². The lowest BCUT2D eigenvalue weighted by molar-refractivity contribution is 0.0425. The Morgan fingerprint density at radius 3 is 2.32 bits per heavy atom. The monoisotopic (exact) mass is 303 g/mol. The zero-order chi connectivity index (χ0) is 16.1. The van der Waals surface area contributed by atoms with Gasteiger partial charge in [0.2, 0.25) is 0 Å². The highest BCUT2D eigenvalue weighted by molar-refractivity contribution is 5.66. The maximum atomic E-state index is 6.46. The van der Waals surface area contributed by atoms with E-state index in [9.17, 15) is 0 Å². The van der Waals surface area contributed by atoms with Crippen molar-refractivity contribution < 1.29 is 4.74 Å². The third-order valence-electron chi connectivity index (χ3n) is 5.49. The molecule has 1 saturated heterocycles. The minimum atomic E-state index is -0.131. The first kappa shape index (κ1) is 15.6. The standard InChI is InChI=1S/C18H29N3O/c1-12-13(2)17-15(14(3)16(12)19)10-18(4,22-17)11-21-8-6-20(5)7-9-21/h6-11,19H2,1-5H3. The summed E-state index contributed by atoms with van der Waals surface area (Å²) >= 11 is 0. The molecular formula is C18H29N3O. The Morgan fingerprint density at radius 1 is 1.05 bits per heavy atom. The number of anilines is 1. The average molecular weight is 303 g/mol. The summed E-state index contributed by atoms with van der Waals surface area (Å²) in [4.78, 5) is 4.92. The molecule has 0 bridgehead atoms. The van der Waals surface area contributed by atoms with Crippen molar-refractivity contribution in [2.75, 3.05) is 45.5 Å². The lowest BCUT2D eigenvalue weighted by Crippen LogP contribution is -2.51. The minimum absolute atomic E-state index is 0.131. The van der Waals surface area contributed by atoms with Gasteiger partial charge in [0, 0.05) is 50.4 Å². The van der Waals surface area contributed by atoms with Gasteiger partial charge in [-0.25, -0.2) is 0 Å². The minimum Gasteiger partial charge on any atom is -0.485 e. The van der Waals surface area contributed by atoms with E-state index >= 15 is 0 Å². The van der Waals surface area contributed by atoms with Gasteiger partial charge in [0.15, 0.2) is 0 Å². The van der Waals surface area contributed by atoms with Crippen LogP contribution in [-0.4, -0.2) is 55.2 Å². The molecule has 0 aliphatic carbocycles. The second kappa shape index (κ2) is 5.43. The number of hydrogen-bond acceptors (Lipinski definition) is 4. The Balaban J connectivity index is 1.81. The first-order valence-electron chi connectivity index (χ1n) is 8.29. The molecule has 1 fully saturated rings. The van der Waals surface area contributed by atoms with Crippen molar-refractivity contribution in [1.82, 2.24) is 9.80 Å². The molecule has 0 spiro atoms. The molecule has 1 unspecified atom stereocenters. The van der Waals surface area contributed by atoms with Crippen LogP contribution in [0.5, 0.6) is 5.75 Å². The second-order valence-electron chi connectivity index (χ2n) is 7.40. The van der Waals surface area contributed by atoms with Gasteiger partial charge in [-0.15, -0.1) is 0 Å². The van der Waals surface area contributed by atoms with E-state index in [1.807, 2.05) is 0 Å². The Labute approximate surface area is 134 Å². The fraction of sp³-hybridized carbons (Fsp3) is 0.667. The highest BCUT2D eigenvalue weighted by atomic mass is 16.5. The maximum Gasteiger partial charge on any atom is 0.127 e. The normalized spacial score (nSPS) is 26.0. The van der Waals surface area contributed by atoms with Crippen LogP contribution in [0.25, 0.3) is 0 Å². The number of likely N-dealkylation sites (N-methyl/N-ethyl adjacent to an activating group) is 1. The molecule has 1 aromatic rings. The Bertz CT molecular complexity index is 552. The van der Waals surface area contributed by atoms with Gasteiger partial charge in [-0.05, 0) is 51.4 Å². The molecule has 2 aliphatic heterocycles. The van der Waals surface area contributed by atoms with Crippen LogP contribution in [0.2, 0.25) is 0 Å². The molecule has 1 aromatic carbocycles. The molecule has 22 heavy (non-hydrogen) atoms. The van der Waals surface area contributed by atoms with Crippen LogP contribution in [0.1, 0.15) is 29.2 Å². The van der Waals surface area contributed by atoms with Crippen LogP contribution in [-0.2, 0) is 6.42 Å². The fourth-order valence-electron chi connectivity index (χ4n) is 3.79. The highest BCUT2D eigenvalue weighted by Crippen LogP contribution is 2.43. The van der Waals surface area contributed by atoms with Gasteiger partial charge in [-0.3, -0.25) is 4.90 Å². The Hall–Kier alpha value is -1.26. The van der Waals surface area contributed by atoms with Crippen molar-refractivity contribution in [3.63, 3.8) is 0 Å². The summed E-state index contributed by atoms with van der Waals surface area (Å²) in [6.45, 7) is 14.1. The van der Waals surface area contributed by atoms with Gasteiger partial charge >= 0.3 is 0 Å². The second-order valence-corrected chi connectivity index (χ2v) is 7.40. The first-order chi connectivity index (χ1) is 10.3. The average Bonchev–Trinajstić information content (AvgIpc) is 2.83. The van der Waals surface area contributed by atoms with E-state index < -0.39 is 0 Å². The van der Waals surface area contributed by atoms with Crippen molar-refractivity contribution in [1.29, 1.82) is 0 Å². The molecule has 2 N–H and O–H groups in total. The van der Waals surface area contributed by atoms with E-state index in [1.54, 1.807) is 0 Å². The predicted molar refractivity (Wildman–Crippen MR) is 91.7 cm³/mol. The molecule has 122 valence electrons. The summed E-state index contributed by atoms with van der Waals surface area (Å²) in [7, 11) is 2.19. The zero-order valence-electron chi connectivity index (χ0n) is 14.6. The largest absolute Gasteiger partial charge is 0.485 e. The quantitative estimate of drug-likeness (QED) is 0.850. The van der Waals surface area contributed by atoms with E-state index in [0.29, 0.717) is 0 Å². The van der Waals surface area contributed by atoms with Crippen molar-refractivity contribution >= 4 is 5.69 Å². The van der Waals surface area contributed by atoms with E-state index in [0.717, 1.165) is 50.6 Å². The number of hydrogen-bond donors (Lipinski definition) is 1. The Kier molecular flexibility index (Phi) is 3.86. The van der Waals surface area contributed by atoms with Crippen LogP contribution < -0.4 is 10.5 Å². The smallest absolute Gasteiger partial charge is 0.127 e. The molecular weight excluding hydrogens is 274 g/mol. The molecule has 4 heteroatoms. The number of ether oxygens (including phenoxy) is 1. The number of nitrogens with two attached hydrogens (primary N) is 1. The summed E-state index contributed by atoms with van der Waals surface area (Å²) in [5.74, 6) is 1.08. The van der Waals surface area contributed by atoms with Gasteiger partial charge in [0.25, 0.3) is 0 Å². The van der Waals surface area contributed by atoms with E-state index in [-0.39, 0.29) is 5.60 Å². The number of piperazine rings is 1. The van der Waals surface area contributed by atoms with Crippen LogP contribution >= 0.6 is 0 Å².